The van der Waals surface area contributed by atoms with Crippen LogP contribution in [0.2, 0.25) is 0 Å². The van der Waals surface area contributed by atoms with Gasteiger partial charge in [0.15, 0.2) is 5.78 Å². The number of ketones is 1. The second kappa shape index (κ2) is 5.52. The Balaban J connectivity index is 2.57. The monoisotopic (exact) mass is 286 g/mol. The Kier molecular flexibility index (Phi) is 3.93. The van der Waals surface area contributed by atoms with Gasteiger partial charge < -0.3 is 0 Å². The van der Waals surface area contributed by atoms with Crippen molar-refractivity contribution in [3.63, 3.8) is 0 Å². The van der Waals surface area contributed by atoms with Crippen molar-refractivity contribution in [2.45, 2.75) is 27.3 Å². The topological polar surface area (TPSA) is 61.1 Å². The first-order chi connectivity index (χ1) is 9.79. The molecule has 0 saturated heterocycles. The van der Waals surface area contributed by atoms with Gasteiger partial charge in [-0.3, -0.25) is 18.7 Å². The quantitative estimate of drug-likeness (QED) is 0.802. The molecule has 21 heavy (non-hydrogen) atoms. The number of aryl methyl sites for hydroxylation is 2. The van der Waals surface area contributed by atoms with Gasteiger partial charge in [0.1, 0.15) is 0 Å². The molecular weight excluding hydrogens is 268 g/mol. The van der Waals surface area contributed by atoms with Gasteiger partial charge in [0.05, 0.1) is 12.1 Å². The Morgan fingerprint density at radius 1 is 1.10 bits per heavy atom. The molecule has 0 N–H and O–H groups in total. The average molecular weight is 286 g/mol. The largest absolute Gasteiger partial charge is 0.331 e. The molecule has 1 aromatic carbocycles. The van der Waals surface area contributed by atoms with Crippen LogP contribution in [0.3, 0.4) is 0 Å². The van der Waals surface area contributed by atoms with E-state index in [1.54, 1.807) is 0 Å². The highest BCUT2D eigenvalue weighted by atomic mass is 16.2. The van der Waals surface area contributed by atoms with Crippen LogP contribution in [0.4, 0.5) is 0 Å². The summed E-state index contributed by atoms with van der Waals surface area (Å²) in [6.45, 7) is 5.63. The van der Waals surface area contributed by atoms with Gasteiger partial charge in [0.25, 0.3) is 5.56 Å². The standard InChI is InChI=1S/C16H18N2O3/c1-10-5-11(2)7-13(6-10)8-18-9-14(12(3)19)15(20)17(4)16(18)21/h5-7,9H,8H2,1-4H3. The van der Waals surface area contributed by atoms with E-state index in [0.717, 1.165) is 21.3 Å². The van der Waals surface area contributed by atoms with Crippen LogP contribution < -0.4 is 11.2 Å². The van der Waals surface area contributed by atoms with Crippen molar-refractivity contribution in [2.24, 2.45) is 7.05 Å². The van der Waals surface area contributed by atoms with Crippen molar-refractivity contribution < 1.29 is 4.79 Å². The SMILES string of the molecule is CC(=O)c1cn(Cc2cc(C)cc(C)c2)c(=O)n(C)c1=O. The van der Waals surface area contributed by atoms with Crippen molar-refractivity contribution in [3.8, 4) is 0 Å². The van der Waals surface area contributed by atoms with Gasteiger partial charge in [0, 0.05) is 13.2 Å². The third-order valence-electron chi connectivity index (χ3n) is 3.37. The first-order valence-corrected chi connectivity index (χ1v) is 6.68. The van der Waals surface area contributed by atoms with E-state index in [4.69, 9.17) is 0 Å². The van der Waals surface area contributed by atoms with Crippen molar-refractivity contribution in [1.82, 2.24) is 9.13 Å². The summed E-state index contributed by atoms with van der Waals surface area (Å²) < 4.78 is 2.37. The van der Waals surface area contributed by atoms with Crippen molar-refractivity contribution in [2.75, 3.05) is 0 Å². The first kappa shape index (κ1) is 15.0. The van der Waals surface area contributed by atoms with Crippen LogP contribution in [-0.4, -0.2) is 14.9 Å². The highest BCUT2D eigenvalue weighted by Gasteiger charge is 2.12. The number of hydrogen-bond acceptors (Lipinski definition) is 3. The van der Waals surface area contributed by atoms with E-state index in [-0.39, 0.29) is 11.3 Å². The number of carbonyl (C=O) groups is 1. The van der Waals surface area contributed by atoms with Gasteiger partial charge in [-0.15, -0.1) is 0 Å². The Morgan fingerprint density at radius 3 is 2.19 bits per heavy atom. The fourth-order valence-electron chi connectivity index (χ4n) is 2.44. The molecule has 0 radical (unpaired) electrons. The van der Waals surface area contributed by atoms with E-state index < -0.39 is 11.2 Å². The van der Waals surface area contributed by atoms with E-state index in [0.29, 0.717) is 6.54 Å². The Hall–Kier alpha value is -2.43. The minimum absolute atomic E-state index is 0.0291. The zero-order valence-corrected chi connectivity index (χ0v) is 12.6. The molecule has 0 saturated carbocycles. The Bertz CT molecular complexity index is 808. The van der Waals surface area contributed by atoms with Crippen molar-refractivity contribution >= 4 is 5.78 Å². The van der Waals surface area contributed by atoms with E-state index >= 15 is 0 Å². The highest BCUT2D eigenvalue weighted by Crippen LogP contribution is 2.09. The predicted molar refractivity (Wildman–Crippen MR) is 81.0 cm³/mol. The van der Waals surface area contributed by atoms with Gasteiger partial charge in [-0.1, -0.05) is 29.3 Å². The Morgan fingerprint density at radius 2 is 1.67 bits per heavy atom. The number of benzene rings is 1. The van der Waals surface area contributed by atoms with Gasteiger partial charge in [-0.05, 0) is 26.3 Å². The Labute approximate surface area is 122 Å². The fourth-order valence-corrected chi connectivity index (χ4v) is 2.44. The van der Waals surface area contributed by atoms with Crippen LogP contribution in [0.15, 0.2) is 34.0 Å². The molecule has 0 bridgehead atoms. The van der Waals surface area contributed by atoms with Crippen molar-refractivity contribution in [1.29, 1.82) is 0 Å². The fraction of sp³-hybridized carbons (Fsp3) is 0.312. The third kappa shape index (κ3) is 3.02. The number of nitrogens with zero attached hydrogens (tertiary/aromatic N) is 2. The normalized spacial score (nSPS) is 10.7. The zero-order valence-electron chi connectivity index (χ0n) is 12.6. The summed E-state index contributed by atoms with van der Waals surface area (Å²) >= 11 is 0. The molecule has 110 valence electrons. The molecular formula is C16H18N2O3. The molecule has 2 aromatic rings. The van der Waals surface area contributed by atoms with Gasteiger partial charge in [-0.2, -0.15) is 0 Å². The minimum atomic E-state index is -0.552. The molecule has 5 nitrogen and oxygen atoms in total. The average Bonchev–Trinajstić information content (AvgIpc) is 2.38. The van der Waals surface area contributed by atoms with E-state index in [9.17, 15) is 14.4 Å². The highest BCUT2D eigenvalue weighted by molar-refractivity contribution is 5.93. The summed E-state index contributed by atoms with van der Waals surface area (Å²) in [6, 6.07) is 6.02. The third-order valence-corrected chi connectivity index (χ3v) is 3.37. The molecule has 0 aliphatic heterocycles. The van der Waals surface area contributed by atoms with E-state index in [2.05, 4.69) is 0 Å². The lowest BCUT2D eigenvalue weighted by atomic mass is 10.1. The van der Waals surface area contributed by atoms with Gasteiger partial charge in [0.2, 0.25) is 0 Å². The van der Waals surface area contributed by atoms with Crippen LogP contribution in [0.1, 0.15) is 34.0 Å². The second-order valence-corrected chi connectivity index (χ2v) is 5.37. The second-order valence-electron chi connectivity index (χ2n) is 5.37. The molecule has 5 heteroatoms. The molecule has 1 aromatic heterocycles. The summed E-state index contributed by atoms with van der Waals surface area (Å²) in [6.07, 6.45) is 1.35. The maximum absolute atomic E-state index is 12.2. The van der Waals surface area contributed by atoms with Crippen LogP contribution in [-0.2, 0) is 13.6 Å². The van der Waals surface area contributed by atoms with Crippen molar-refractivity contribution in [3.05, 3.63) is 67.5 Å². The number of hydrogen-bond donors (Lipinski definition) is 0. The summed E-state index contributed by atoms with van der Waals surface area (Å²) in [5.41, 5.74) is 2.22. The van der Waals surface area contributed by atoms with Gasteiger partial charge in [-0.25, -0.2) is 4.79 Å². The van der Waals surface area contributed by atoms with Gasteiger partial charge >= 0.3 is 5.69 Å². The van der Waals surface area contributed by atoms with Crippen LogP contribution in [0.5, 0.6) is 0 Å². The zero-order chi connectivity index (χ0) is 15.7. The summed E-state index contributed by atoms with van der Waals surface area (Å²) in [5, 5.41) is 0. The van der Waals surface area contributed by atoms with Crippen LogP contribution in [0.25, 0.3) is 0 Å². The molecule has 0 spiro atoms. The summed E-state index contributed by atoms with van der Waals surface area (Å²) in [7, 11) is 1.38. The van der Waals surface area contributed by atoms with E-state index in [1.165, 1.54) is 24.7 Å². The van der Waals surface area contributed by atoms with Crippen LogP contribution >= 0.6 is 0 Å². The number of Topliss-reactive ketones (excluding diaryl/α,β-unsaturated/α-hetero) is 1. The number of aromatic nitrogens is 2. The first-order valence-electron chi connectivity index (χ1n) is 6.68. The molecule has 0 atom stereocenters. The predicted octanol–water partition coefficient (Wildman–Crippen LogP) is 1.41. The molecule has 1 heterocycles. The summed E-state index contributed by atoms with van der Waals surface area (Å²) in [5.74, 6) is -0.343. The molecule has 0 unspecified atom stereocenters. The smallest absolute Gasteiger partial charge is 0.295 e. The maximum Gasteiger partial charge on any atom is 0.331 e. The molecule has 2 rings (SSSR count). The molecule has 0 fully saturated rings. The minimum Gasteiger partial charge on any atom is -0.295 e. The number of carbonyl (C=O) groups excluding carboxylic acids is 1. The lowest BCUT2D eigenvalue weighted by Gasteiger charge is -2.11. The molecule has 0 aliphatic carbocycles. The molecule has 0 amide bonds. The summed E-state index contributed by atoms with van der Waals surface area (Å²) in [4.78, 5) is 35.5. The maximum atomic E-state index is 12.2. The van der Waals surface area contributed by atoms with E-state index in [1.807, 2.05) is 32.0 Å². The lowest BCUT2D eigenvalue weighted by Crippen LogP contribution is -2.40. The molecule has 0 aliphatic rings. The lowest BCUT2D eigenvalue weighted by molar-refractivity contribution is 0.101. The van der Waals surface area contributed by atoms with Crippen LogP contribution in [0, 0.1) is 13.8 Å². The number of rotatable bonds is 3.